The standard InChI is InChI=1S/C14H14FN3O/c1-8-6-13(18-17-8)16-14(19)11-7-10(11)9-4-2-3-5-12(9)15/h2-6,10-11H,7H2,1H3,(H2,16,17,18,19). The minimum atomic E-state index is -0.238. The average molecular weight is 259 g/mol. The SMILES string of the molecule is Cc1cc(NC(=O)C2CC2c2ccccc2F)n[nH]1. The van der Waals surface area contributed by atoms with Crippen LogP contribution in [0.2, 0.25) is 0 Å². The van der Waals surface area contributed by atoms with E-state index in [1.807, 2.05) is 6.92 Å². The molecule has 0 radical (unpaired) electrons. The maximum Gasteiger partial charge on any atom is 0.229 e. The van der Waals surface area contributed by atoms with Crippen molar-refractivity contribution in [1.29, 1.82) is 0 Å². The van der Waals surface area contributed by atoms with Crippen LogP contribution in [0.15, 0.2) is 30.3 Å². The van der Waals surface area contributed by atoms with E-state index in [-0.39, 0.29) is 23.6 Å². The molecule has 1 fully saturated rings. The molecule has 1 aliphatic carbocycles. The maximum atomic E-state index is 13.6. The Bertz CT molecular complexity index is 623. The lowest BCUT2D eigenvalue weighted by molar-refractivity contribution is -0.117. The molecular formula is C14H14FN3O. The highest BCUT2D eigenvalue weighted by Crippen LogP contribution is 2.48. The molecule has 1 aromatic heterocycles. The molecule has 1 aliphatic rings. The normalized spacial score (nSPS) is 21.2. The van der Waals surface area contributed by atoms with Gasteiger partial charge in [-0.3, -0.25) is 9.89 Å². The van der Waals surface area contributed by atoms with Crippen molar-refractivity contribution in [3.05, 3.63) is 47.4 Å². The number of nitrogens with zero attached hydrogens (tertiary/aromatic N) is 1. The molecule has 98 valence electrons. The highest BCUT2D eigenvalue weighted by Gasteiger charge is 2.45. The predicted octanol–water partition coefficient (Wildman–Crippen LogP) is 2.60. The molecule has 1 saturated carbocycles. The van der Waals surface area contributed by atoms with Gasteiger partial charge < -0.3 is 5.32 Å². The Morgan fingerprint density at radius 2 is 2.26 bits per heavy atom. The minimum absolute atomic E-state index is 0.0127. The van der Waals surface area contributed by atoms with Crippen molar-refractivity contribution in [2.75, 3.05) is 5.32 Å². The van der Waals surface area contributed by atoms with Crippen molar-refractivity contribution >= 4 is 11.7 Å². The first-order valence-electron chi connectivity index (χ1n) is 6.22. The van der Waals surface area contributed by atoms with Gasteiger partial charge in [0.25, 0.3) is 0 Å². The molecule has 0 bridgehead atoms. The third-order valence-electron chi connectivity index (χ3n) is 3.39. The molecule has 1 heterocycles. The lowest BCUT2D eigenvalue weighted by Crippen LogP contribution is -2.15. The summed E-state index contributed by atoms with van der Waals surface area (Å²) < 4.78 is 13.6. The fraction of sp³-hybridized carbons (Fsp3) is 0.286. The molecule has 1 amide bonds. The molecule has 1 aromatic carbocycles. The van der Waals surface area contributed by atoms with Crippen molar-refractivity contribution < 1.29 is 9.18 Å². The molecule has 0 spiro atoms. The summed E-state index contributed by atoms with van der Waals surface area (Å²) in [6.45, 7) is 1.86. The maximum absolute atomic E-state index is 13.6. The van der Waals surface area contributed by atoms with Crippen LogP contribution < -0.4 is 5.32 Å². The molecule has 0 saturated heterocycles. The van der Waals surface area contributed by atoms with Gasteiger partial charge in [0.15, 0.2) is 5.82 Å². The van der Waals surface area contributed by atoms with E-state index in [4.69, 9.17) is 0 Å². The number of amides is 1. The van der Waals surface area contributed by atoms with E-state index in [2.05, 4.69) is 15.5 Å². The summed E-state index contributed by atoms with van der Waals surface area (Å²) in [5.74, 6) is 0.00926. The number of anilines is 1. The topological polar surface area (TPSA) is 57.8 Å². The monoisotopic (exact) mass is 259 g/mol. The molecule has 2 aromatic rings. The largest absolute Gasteiger partial charge is 0.309 e. The number of hydrogen-bond donors (Lipinski definition) is 2. The zero-order chi connectivity index (χ0) is 13.4. The van der Waals surface area contributed by atoms with Crippen LogP contribution in [0.1, 0.15) is 23.6 Å². The van der Waals surface area contributed by atoms with Crippen LogP contribution in [0, 0.1) is 18.7 Å². The highest BCUT2D eigenvalue weighted by molar-refractivity contribution is 5.94. The van der Waals surface area contributed by atoms with E-state index in [0.29, 0.717) is 17.8 Å². The van der Waals surface area contributed by atoms with Gasteiger partial charge in [0.2, 0.25) is 5.91 Å². The van der Waals surface area contributed by atoms with E-state index in [1.54, 1.807) is 24.3 Å². The molecule has 2 N–H and O–H groups in total. The Balaban J connectivity index is 1.66. The number of halogens is 1. The zero-order valence-electron chi connectivity index (χ0n) is 10.5. The molecule has 19 heavy (non-hydrogen) atoms. The number of H-pyrrole nitrogens is 1. The van der Waals surface area contributed by atoms with Gasteiger partial charge in [-0.2, -0.15) is 5.10 Å². The average Bonchev–Trinajstić information content (AvgIpc) is 3.08. The number of hydrogen-bond acceptors (Lipinski definition) is 2. The number of aromatic nitrogens is 2. The van der Waals surface area contributed by atoms with Gasteiger partial charge in [-0.05, 0) is 30.9 Å². The second-order valence-corrected chi connectivity index (χ2v) is 4.90. The quantitative estimate of drug-likeness (QED) is 0.890. The van der Waals surface area contributed by atoms with E-state index in [9.17, 15) is 9.18 Å². The van der Waals surface area contributed by atoms with E-state index in [0.717, 1.165) is 5.69 Å². The number of carbonyl (C=O) groups excluding carboxylic acids is 1. The summed E-state index contributed by atoms with van der Waals surface area (Å²) in [4.78, 5) is 12.0. The first-order valence-corrected chi connectivity index (χ1v) is 6.22. The van der Waals surface area contributed by atoms with E-state index in [1.165, 1.54) is 6.07 Å². The van der Waals surface area contributed by atoms with Gasteiger partial charge in [0.05, 0.1) is 0 Å². The highest BCUT2D eigenvalue weighted by atomic mass is 19.1. The Labute approximate surface area is 110 Å². The van der Waals surface area contributed by atoms with Gasteiger partial charge in [-0.1, -0.05) is 18.2 Å². The molecule has 2 unspecified atom stereocenters. The summed E-state index contributed by atoms with van der Waals surface area (Å²) in [5.41, 5.74) is 1.51. The number of nitrogens with one attached hydrogen (secondary N) is 2. The molecule has 2 atom stereocenters. The summed E-state index contributed by atoms with van der Waals surface area (Å²) >= 11 is 0. The van der Waals surface area contributed by atoms with Crippen LogP contribution in [-0.2, 0) is 4.79 Å². The Kier molecular flexibility index (Phi) is 2.81. The minimum Gasteiger partial charge on any atom is -0.309 e. The number of aryl methyl sites for hydroxylation is 1. The summed E-state index contributed by atoms with van der Waals surface area (Å²) in [6, 6.07) is 8.38. The number of benzene rings is 1. The van der Waals surface area contributed by atoms with Crippen LogP contribution in [0.5, 0.6) is 0 Å². The summed E-state index contributed by atoms with van der Waals surface area (Å²) in [7, 11) is 0. The summed E-state index contributed by atoms with van der Waals surface area (Å²) in [6.07, 6.45) is 0.691. The van der Waals surface area contributed by atoms with Crippen molar-refractivity contribution in [3.63, 3.8) is 0 Å². The molecular weight excluding hydrogens is 245 g/mol. The van der Waals surface area contributed by atoms with E-state index < -0.39 is 0 Å². The fourth-order valence-electron chi connectivity index (χ4n) is 2.31. The fourth-order valence-corrected chi connectivity index (χ4v) is 2.31. The van der Waals surface area contributed by atoms with Crippen molar-refractivity contribution in [1.82, 2.24) is 10.2 Å². The molecule has 3 rings (SSSR count). The molecule has 0 aliphatic heterocycles. The Morgan fingerprint density at radius 3 is 2.95 bits per heavy atom. The predicted molar refractivity (Wildman–Crippen MR) is 69.2 cm³/mol. The van der Waals surface area contributed by atoms with E-state index >= 15 is 0 Å². The van der Waals surface area contributed by atoms with Gasteiger partial charge in [0, 0.05) is 17.7 Å². The van der Waals surface area contributed by atoms with Crippen LogP contribution >= 0.6 is 0 Å². The Morgan fingerprint density at radius 1 is 1.47 bits per heavy atom. The molecule has 4 nitrogen and oxygen atoms in total. The number of carbonyl (C=O) groups is 1. The third-order valence-corrected chi connectivity index (χ3v) is 3.39. The van der Waals surface area contributed by atoms with Gasteiger partial charge >= 0.3 is 0 Å². The number of aromatic amines is 1. The van der Waals surface area contributed by atoms with Crippen LogP contribution in [0.25, 0.3) is 0 Å². The summed E-state index contributed by atoms with van der Waals surface area (Å²) in [5, 5.41) is 9.45. The third kappa shape index (κ3) is 2.36. The smallest absolute Gasteiger partial charge is 0.229 e. The van der Waals surface area contributed by atoms with Gasteiger partial charge in [-0.15, -0.1) is 0 Å². The van der Waals surface area contributed by atoms with Gasteiger partial charge in [0.1, 0.15) is 5.82 Å². The van der Waals surface area contributed by atoms with Crippen molar-refractivity contribution in [2.45, 2.75) is 19.3 Å². The first-order chi connectivity index (χ1) is 9.15. The molecule has 5 heteroatoms. The van der Waals surface area contributed by atoms with Crippen LogP contribution in [-0.4, -0.2) is 16.1 Å². The second kappa shape index (κ2) is 4.50. The lowest BCUT2D eigenvalue weighted by Gasteiger charge is -2.02. The van der Waals surface area contributed by atoms with Crippen molar-refractivity contribution in [3.8, 4) is 0 Å². The second-order valence-electron chi connectivity index (χ2n) is 4.90. The Hall–Kier alpha value is -2.17. The zero-order valence-corrected chi connectivity index (χ0v) is 10.5. The van der Waals surface area contributed by atoms with Crippen LogP contribution in [0.4, 0.5) is 10.2 Å². The lowest BCUT2D eigenvalue weighted by atomic mass is 10.1. The first kappa shape index (κ1) is 11.9. The van der Waals surface area contributed by atoms with Crippen molar-refractivity contribution in [2.24, 2.45) is 5.92 Å². The van der Waals surface area contributed by atoms with Crippen LogP contribution in [0.3, 0.4) is 0 Å². The van der Waals surface area contributed by atoms with Gasteiger partial charge in [-0.25, -0.2) is 4.39 Å². The number of rotatable bonds is 3.